The number of H-pyrrole nitrogens is 1. The van der Waals surface area contributed by atoms with Gasteiger partial charge in [-0.2, -0.15) is 0 Å². The lowest BCUT2D eigenvalue weighted by atomic mass is 9.94. The van der Waals surface area contributed by atoms with Crippen LogP contribution in [0.25, 0.3) is 0 Å². The lowest BCUT2D eigenvalue weighted by Gasteiger charge is -2.37. The van der Waals surface area contributed by atoms with E-state index in [2.05, 4.69) is 4.98 Å². The molecule has 1 spiro atoms. The SMILES string of the molecule is CC[C@@]1(OC)O[C@@H](n2cc(C)c(=O)[nH]c2=O)C2OC3(CCCCC3)O[C@H]21. The normalized spacial score (nSPS) is 35.7. The van der Waals surface area contributed by atoms with E-state index in [1.165, 1.54) is 17.2 Å². The zero-order chi connectivity index (χ0) is 18.5. The van der Waals surface area contributed by atoms with Gasteiger partial charge in [0.25, 0.3) is 5.56 Å². The van der Waals surface area contributed by atoms with Crippen LogP contribution in [0.2, 0.25) is 0 Å². The Morgan fingerprint density at radius 2 is 1.96 bits per heavy atom. The molecule has 2 saturated heterocycles. The number of fused-ring (bicyclic) bond motifs is 1. The molecule has 3 fully saturated rings. The van der Waals surface area contributed by atoms with Crippen LogP contribution in [0.5, 0.6) is 0 Å². The maximum Gasteiger partial charge on any atom is 0.330 e. The Bertz CT molecular complexity index is 790. The number of nitrogens with one attached hydrogen (secondary N) is 1. The Kier molecular flexibility index (Phi) is 4.34. The van der Waals surface area contributed by atoms with Crippen molar-refractivity contribution in [2.24, 2.45) is 0 Å². The largest absolute Gasteiger partial charge is 0.351 e. The molecule has 8 heteroatoms. The van der Waals surface area contributed by atoms with E-state index in [1.54, 1.807) is 14.0 Å². The van der Waals surface area contributed by atoms with Crippen molar-refractivity contribution in [2.75, 3.05) is 7.11 Å². The second kappa shape index (κ2) is 6.30. The first-order chi connectivity index (χ1) is 12.4. The van der Waals surface area contributed by atoms with E-state index in [9.17, 15) is 9.59 Å². The number of rotatable bonds is 3. The van der Waals surface area contributed by atoms with Crippen molar-refractivity contribution < 1.29 is 18.9 Å². The molecular weight excluding hydrogens is 340 g/mol. The van der Waals surface area contributed by atoms with Crippen LogP contribution in [0.4, 0.5) is 0 Å². The van der Waals surface area contributed by atoms with Crippen molar-refractivity contribution >= 4 is 0 Å². The van der Waals surface area contributed by atoms with E-state index in [0.717, 1.165) is 25.7 Å². The summed E-state index contributed by atoms with van der Waals surface area (Å²) in [6.45, 7) is 3.61. The highest BCUT2D eigenvalue weighted by atomic mass is 16.8. The summed E-state index contributed by atoms with van der Waals surface area (Å²) in [5.74, 6) is -1.62. The minimum atomic E-state index is -0.986. The third-order valence-electron chi connectivity index (χ3n) is 5.90. The summed E-state index contributed by atoms with van der Waals surface area (Å²) >= 11 is 0. The maximum atomic E-state index is 12.4. The van der Waals surface area contributed by atoms with Gasteiger partial charge in [-0.1, -0.05) is 13.3 Å². The van der Waals surface area contributed by atoms with Crippen LogP contribution in [0.1, 0.15) is 57.2 Å². The van der Waals surface area contributed by atoms with Gasteiger partial charge in [-0.05, 0) is 19.8 Å². The molecule has 4 atom stereocenters. The molecule has 8 nitrogen and oxygen atoms in total. The van der Waals surface area contributed by atoms with Gasteiger partial charge in [0.1, 0.15) is 12.2 Å². The van der Waals surface area contributed by atoms with Crippen LogP contribution >= 0.6 is 0 Å². The predicted molar refractivity (Wildman–Crippen MR) is 91.8 cm³/mol. The molecule has 0 aromatic carbocycles. The first kappa shape index (κ1) is 17.9. The average Bonchev–Trinajstić information content (AvgIpc) is 3.13. The molecule has 1 N–H and O–H groups in total. The quantitative estimate of drug-likeness (QED) is 0.873. The Balaban J connectivity index is 1.76. The van der Waals surface area contributed by atoms with Gasteiger partial charge in [-0.3, -0.25) is 14.3 Å². The molecule has 1 saturated carbocycles. The van der Waals surface area contributed by atoms with Gasteiger partial charge < -0.3 is 18.9 Å². The molecule has 4 rings (SSSR count). The zero-order valence-corrected chi connectivity index (χ0v) is 15.4. The molecule has 3 aliphatic rings. The van der Waals surface area contributed by atoms with Crippen molar-refractivity contribution in [3.63, 3.8) is 0 Å². The van der Waals surface area contributed by atoms with E-state index in [4.69, 9.17) is 18.9 Å². The summed E-state index contributed by atoms with van der Waals surface area (Å²) < 4.78 is 26.1. The fraction of sp³-hybridized carbons (Fsp3) is 0.778. The highest BCUT2D eigenvalue weighted by Crippen LogP contribution is 2.52. The van der Waals surface area contributed by atoms with E-state index in [1.807, 2.05) is 6.92 Å². The lowest BCUT2D eigenvalue weighted by molar-refractivity contribution is -0.306. The van der Waals surface area contributed by atoms with Crippen molar-refractivity contribution in [1.29, 1.82) is 0 Å². The second-order valence-electron chi connectivity index (χ2n) is 7.45. The van der Waals surface area contributed by atoms with E-state index in [-0.39, 0.29) is 0 Å². The Morgan fingerprint density at radius 1 is 1.23 bits per heavy atom. The van der Waals surface area contributed by atoms with Gasteiger partial charge in [-0.15, -0.1) is 0 Å². The number of hydrogen-bond donors (Lipinski definition) is 1. The smallest absolute Gasteiger partial charge is 0.330 e. The summed E-state index contributed by atoms with van der Waals surface area (Å²) in [7, 11) is 1.58. The van der Waals surface area contributed by atoms with E-state index >= 15 is 0 Å². The molecule has 3 heterocycles. The van der Waals surface area contributed by atoms with Gasteiger partial charge in [0.05, 0.1) is 0 Å². The highest BCUT2D eigenvalue weighted by molar-refractivity contribution is 5.07. The van der Waals surface area contributed by atoms with Gasteiger partial charge >= 0.3 is 5.69 Å². The van der Waals surface area contributed by atoms with Crippen molar-refractivity contribution in [3.8, 4) is 0 Å². The average molecular weight is 366 g/mol. The second-order valence-corrected chi connectivity index (χ2v) is 7.45. The van der Waals surface area contributed by atoms with Gasteiger partial charge in [-0.25, -0.2) is 4.79 Å². The Hall–Kier alpha value is -1.48. The van der Waals surface area contributed by atoms with Crippen LogP contribution < -0.4 is 11.2 Å². The first-order valence-corrected chi connectivity index (χ1v) is 9.34. The molecule has 144 valence electrons. The number of methoxy groups -OCH3 is 1. The summed E-state index contributed by atoms with van der Waals surface area (Å²) in [4.78, 5) is 26.5. The highest BCUT2D eigenvalue weighted by Gasteiger charge is 2.65. The lowest BCUT2D eigenvalue weighted by Crippen LogP contribution is -2.45. The number of nitrogens with zero attached hydrogens (tertiary/aromatic N) is 1. The maximum absolute atomic E-state index is 12.4. The van der Waals surface area contributed by atoms with E-state index in [0.29, 0.717) is 12.0 Å². The fourth-order valence-corrected chi connectivity index (χ4v) is 4.43. The first-order valence-electron chi connectivity index (χ1n) is 9.34. The van der Waals surface area contributed by atoms with Crippen LogP contribution in [0.15, 0.2) is 15.8 Å². The van der Waals surface area contributed by atoms with E-state index < -0.39 is 41.3 Å². The standard InChI is InChI=1S/C18H26N2O6/c1-4-18(23-3)13-12(24-17(25-13)8-6-5-7-9-17)15(26-18)20-10-11(2)14(21)19-16(20)22/h10,12-13,15H,4-9H2,1-3H3,(H,19,21,22)/t12?,13-,15-,18-/m1/s1. The zero-order valence-electron chi connectivity index (χ0n) is 15.4. The summed E-state index contributed by atoms with van der Waals surface area (Å²) in [5, 5.41) is 0. The van der Waals surface area contributed by atoms with Crippen LogP contribution in [0, 0.1) is 6.92 Å². The summed E-state index contributed by atoms with van der Waals surface area (Å²) in [6, 6.07) is 0. The minimum Gasteiger partial charge on any atom is -0.351 e. The molecule has 26 heavy (non-hydrogen) atoms. The number of ether oxygens (including phenoxy) is 4. The number of aryl methyl sites for hydroxylation is 1. The molecule has 2 aliphatic heterocycles. The van der Waals surface area contributed by atoms with Crippen molar-refractivity contribution in [2.45, 2.75) is 82.4 Å². The molecule has 1 aromatic heterocycles. The minimum absolute atomic E-state index is 0.401. The Labute approximate surface area is 151 Å². The third kappa shape index (κ3) is 2.58. The van der Waals surface area contributed by atoms with Crippen molar-refractivity contribution in [3.05, 3.63) is 32.6 Å². The molecule has 1 aliphatic carbocycles. The van der Waals surface area contributed by atoms with Crippen LogP contribution in [-0.2, 0) is 18.9 Å². The topological polar surface area (TPSA) is 91.8 Å². The fourth-order valence-electron chi connectivity index (χ4n) is 4.43. The monoisotopic (exact) mass is 366 g/mol. The predicted octanol–water partition coefficient (Wildman–Crippen LogP) is 1.57. The molecule has 0 radical (unpaired) electrons. The molecule has 1 aromatic rings. The molecule has 0 amide bonds. The van der Waals surface area contributed by atoms with Crippen LogP contribution in [-0.4, -0.2) is 40.4 Å². The number of aromatic amines is 1. The van der Waals surface area contributed by atoms with Gasteiger partial charge in [0.2, 0.25) is 0 Å². The van der Waals surface area contributed by atoms with Gasteiger partial charge in [0, 0.05) is 38.1 Å². The van der Waals surface area contributed by atoms with Crippen LogP contribution in [0.3, 0.4) is 0 Å². The van der Waals surface area contributed by atoms with Crippen molar-refractivity contribution in [1.82, 2.24) is 9.55 Å². The Morgan fingerprint density at radius 3 is 2.62 bits per heavy atom. The molecule has 0 bridgehead atoms. The summed E-state index contributed by atoms with van der Waals surface area (Å²) in [6.07, 6.45) is 5.37. The third-order valence-corrected chi connectivity index (χ3v) is 5.90. The number of aromatic nitrogens is 2. The molecule has 1 unspecified atom stereocenters. The number of hydrogen-bond acceptors (Lipinski definition) is 6. The molecular formula is C18H26N2O6. The van der Waals surface area contributed by atoms with Gasteiger partial charge in [0.15, 0.2) is 17.8 Å². The summed E-state index contributed by atoms with van der Waals surface area (Å²) in [5.41, 5.74) is -0.496.